The van der Waals surface area contributed by atoms with Crippen molar-refractivity contribution >= 4 is 0 Å². The third kappa shape index (κ3) is 2.89. The number of hydrogen-bond acceptors (Lipinski definition) is 1. The first-order valence-corrected chi connectivity index (χ1v) is 8.11. The number of nitrogens with one attached hydrogen (secondary N) is 1. The molecule has 110 valence electrons. The standard InChI is InChI=1S/C20H25N/c1-21-16-17-9-8-14-20(15-17,18-10-4-2-5-11-18)19-12-6-3-7-13-19/h2-7,10-13,17,21H,8-9,14-16H2,1H3. The van der Waals surface area contributed by atoms with E-state index in [1.54, 1.807) is 0 Å². The van der Waals surface area contributed by atoms with Gasteiger partial charge in [-0.05, 0) is 49.9 Å². The van der Waals surface area contributed by atoms with Gasteiger partial charge in [0.05, 0.1) is 0 Å². The highest BCUT2D eigenvalue weighted by Crippen LogP contribution is 2.46. The lowest BCUT2D eigenvalue weighted by Crippen LogP contribution is -2.37. The van der Waals surface area contributed by atoms with E-state index in [9.17, 15) is 0 Å². The topological polar surface area (TPSA) is 12.0 Å². The second kappa shape index (κ2) is 6.44. The molecular formula is C20H25N. The zero-order chi connectivity index (χ0) is 14.5. The van der Waals surface area contributed by atoms with Crippen LogP contribution in [0.25, 0.3) is 0 Å². The fourth-order valence-electron chi connectivity index (χ4n) is 4.06. The van der Waals surface area contributed by atoms with Crippen molar-refractivity contribution in [1.82, 2.24) is 5.32 Å². The van der Waals surface area contributed by atoms with E-state index in [1.165, 1.54) is 36.8 Å². The third-order valence-corrected chi connectivity index (χ3v) is 5.00. The van der Waals surface area contributed by atoms with E-state index in [1.807, 2.05) is 0 Å². The molecule has 1 heteroatoms. The minimum atomic E-state index is 0.197. The Morgan fingerprint density at radius 1 is 0.952 bits per heavy atom. The molecule has 0 aliphatic heterocycles. The van der Waals surface area contributed by atoms with Crippen LogP contribution in [0.1, 0.15) is 36.8 Å². The highest BCUT2D eigenvalue weighted by atomic mass is 14.8. The Labute approximate surface area is 128 Å². The molecule has 0 bridgehead atoms. The van der Waals surface area contributed by atoms with Gasteiger partial charge in [0.2, 0.25) is 0 Å². The molecule has 2 aromatic carbocycles. The molecule has 1 atom stereocenters. The lowest BCUT2D eigenvalue weighted by atomic mass is 9.62. The Morgan fingerprint density at radius 3 is 2.05 bits per heavy atom. The Bertz CT molecular complexity index is 505. The first kappa shape index (κ1) is 14.3. The van der Waals surface area contributed by atoms with Crippen molar-refractivity contribution in [2.75, 3.05) is 13.6 Å². The number of benzene rings is 2. The van der Waals surface area contributed by atoms with Crippen LogP contribution < -0.4 is 5.32 Å². The summed E-state index contributed by atoms with van der Waals surface area (Å²) in [5.74, 6) is 0.768. The Hall–Kier alpha value is -1.60. The average Bonchev–Trinajstić information content (AvgIpc) is 2.57. The number of rotatable bonds is 4. The summed E-state index contributed by atoms with van der Waals surface area (Å²) >= 11 is 0. The molecule has 0 saturated heterocycles. The van der Waals surface area contributed by atoms with Crippen molar-refractivity contribution in [2.45, 2.75) is 31.1 Å². The molecule has 1 nitrogen and oxygen atoms in total. The van der Waals surface area contributed by atoms with Crippen LogP contribution in [-0.4, -0.2) is 13.6 Å². The third-order valence-electron chi connectivity index (χ3n) is 5.00. The summed E-state index contributed by atoms with van der Waals surface area (Å²) < 4.78 is 0. The maximum absolute atomic E-state index is 3.38. The van der Waals surface area contributed by atoms with Crippen LogP contribution >= 0.6 is 0 Å². The van der Waals surface area contributed by atoms with Crippen LogP contribution in [0, 0.1) is 5.92 Å². The van der Waals surface area contributed by atoms with Gasteiger partial charge in [0.1, 0.15) is 0 Å². The SMILES string of the molecule is CNCC1CCCC(c2ccccc2)(c2ccccc2)C1. The Morgan fingerprint density at radius 2 is 1.52 bits per heavy atom. The fraction of sp³-hybridized carbons (Fsp3) is 0.400. The molecule has 21 heavy (non-hydrogen) atoms. The van der Waals surface area contributed by atoms with Crippen molar-refractivity contribution in [3.8, 4) is 0 Å². The second-order valence-corrected chi connectivity index (χ2v) is 6.33. The molecule has 1 aliphatic rings. The molecule has 1 N–H and O–H groups in total. The predicted molar refractivity (Wildman–Crippen MR) is 89.5 cm³/mol. The maximum Gasteiger partial charge on any atom is 0.0206 e. The van der Waals surface area contributed by atoms with Gasteiger partial charge in [0.15, 0.2) is 0 Å². The summed E-state index contributed by atoms with van der Waals surface area (Å²) in [4.78, 5) is 0. The molecule has 1 fully saturated rings. The van der Waals surface area contributed by atoms with Gasteiger partial charge in [-0.25, -0.2) is 0 Å². The first-order chi connectivity index (χ1) is 10.3. The zero-order valence-electron chi connectivity index (χ0n) is 12.9. The van der Waals surface area contributed by atoms with Crippen LogP contribution in [0.4, 0.5) is 0 Å². The molecule has 0 amide bonds. The van der Waals surface area contributed by atoms with Gasteiger partial charge in [0, 0.05) is 5.41 Å². The summed E-state index contributed by atoms with van der Waals surface area (Å²) in [5.41, 5.74) is 3.16. The highest BCUT2D eigenvalue weighted by molar-refractivity contribution is 5.40. The van der Waals surface area contributed by atoms with E-state index in [0.29, 0.717) is 0 Å². The Kier molecular flexibility index (Phi) is 4.40. The van der Waals surface area contributed by atoms with Crippen molar-refractivity contribution in [3.63, 3.8) is 0 Å². The summed E-state index contributed by atoms with van der Waals surface area (Å²) in [6, 6.07) is 22.2. The largest absolute Gasteiger partial charge is 0.319 e. The van der Waals surface area contributed by atoms with Crippen molar-refractivity contribution in [3.05, 3.63) is 71.8 Å². The molecule has 0 heterocycles. The van der Waals surface area contributed by atoms with E-state index < -0.39 is 0 Å². The molecule has 0 aromatic heterocycles. The molecule has 1 saturated carbocycles. The molecule has 3 rings (SSSR count). The molecular weight excluding hydrogens is 254 g/mol. The van der Waals surface area contributed by atoms with Crippen molar-refractivity contribution in [1.29, 1.82) is 0 Å². The summed E-state index contributed by atoms with van der Waals surface area (Å²) in [6.07, 6.45) is 5.18. The van der Waals surface area contributed by atoms with Gasteiger partial charge in [-0.2, -0.15) is 0 Å². The molecule has 0 spiro atoms. The summed E-state index contributed by atoms with van der Waals surface area (Å²) in [5, 5.41) is 3.38. The monoisotopic (exact) mass is 279 g/mol. The lowest BCUT2D eigenvalue weighted by Gasteiger charge is -2.42. The van der Waals surface area contributed by atoms with E-state index in [0.717, 1.165) is 12.5 Å². The predicted octanol–water partition coefficient (Wildman–Crippen LogP) is 4.38. The van der Waals surface area contributed by atoms with Crippen LogP contribution in [0.15, 0.2) is 60.7 Å². The molecule has 1 aliphatic carbocycles. The quantitative estimate of drug-likeness (QED) is 0.875. The Balaban J connectivity index is 2.03. The first-order valence-electron chi connectivity index (χ1n) is 8.11. The van der Waals surface area contributed by atoms with E-state index in [-0.39, 0.29) is 5.41 Å². The highest BCUT2D eigenvalue weighted by Gasteiger charge is 2.38. The van der Waals surface area contributed by atoms with Gasteiger partial charge in [-0.1, -0.05) is 67.1 Å². The zero-order valence-corrected chi connectivity index (χ0v) is 12.9. The molecule has 2 aromatic rings. The molecule has 0 radical (unpaired) electrons. The smallest absolute Gasteiger partial charge is 0.0206 e. The second-order valence-electron chi connectivity index (χ2n) is 6.33. The van der Waals surface area contributed by atoms with Crippen molar-refractivity contribution in [2.24, 2.45) is 5.92 Å². The summed E-state index contributed by atoms with van der Waals surface area (Å²) in [6.45, 7) is 1.13. The van der Waals surface area contributed by atoms with E-state index >= 15 is 0 Å². The van der Waals surface area contributed by atoms with Gasteiger partial charge >= 0.3 is 0 Å². The van der Waals surface area contributed by atoms with Crippen molar-refractivity contribution < 1.29 is 0 Å². The number of hydrogen-bond donors (Lipinski definition) is 1. The lowest BCUT2D eigenvalue weighted by molar-refractivity contribution is 0.253. The van der Waals surface area contributed by atoms with Gasteiger partial charge in [-0.3, -0.25) is 0 Å². The van der Waals surface area contributed by atoms with Crippen LogP contribution in [0.3, 0.4) is 0 Å². The van der Waals surface area contributed by atoms with Crippen LogP contribution in [0.2, 0.25) is 0 Å². The van der Waals surface area contributed by atoms with Gasteiger partial charge in [-0.15, -0.1) is 0 Å². The fourth-order valence-corrected chi connectivity index (χ4v) is 4.06. The van der Waals surface area contributed by atoms with Gasteiger partial charge < -0.3 is 5.32 Å². The average molecular weight is 279 g/mol. The van der Waals surface area contributed by atoms with Crippen LogP contribution in [0.5, 0.6) is 0 Å². The van der Waals surface area contributed by atoms with E-state index in [4.69, 9.17) is 0 Å². The van der Waals surface area contributed by atoms with Gasteiger partial charge in [0.25, 0.3) is 0 Å². The van der Waals surface area contributed by atoms with Crippen LogP contribution in [-0.2, 0) is 5.41 Å². The minimum absolute atomic E-state index is 0.197. The molecule has 1 unspecified atom stereocenters. The maximum atomic E-state index is 3.38. The minimum Gasteiger partial charge on any atom is -0.319 e. The van der Waals surface area contributed by atoms with E-state index in [2.05, 4.69) is 73.0 Å². The normalized spacial score (nSPS) is 21.1. The summed E-state index contributed by atoms with van der Waals surface area (Å²) in [7, 11) is 2.07.